The minimum atomic E-state index is -1.21. The predicted molar refractivity (Wildman–Crippen MR) is 89.0 cm³/mol. The van der Waals surface area contributed by atoms with Crippen LogP contribution in [-0.2, 0) is 9.16 Å². The third-order valence-corrected chi connectivity index (χ3v) is 4.31. The molecule has 21 heavy (non-hydrogen) atoms. The van der Waals surface area contributed by atoms with Gasteiger partial charge in [-0.25, -0.2) is 4.79 Å². The smallest absolute Gasteiger partial charge is 0.410 e. The van der Waals surface area contributed by atoms with Crippen LogP contribution in [0, 0.1) is 5.41 Å². The molecule has 120 valence electrons. The van der Waals surface area contributed by atoms with Gasteiger partial charge in [-0.05, 0) is 24.9 Å². The molecule has 0 aromatic carbocycles. The molecule has 0 aromatic heterocycles. The topological polar surface area (TPSA) is 38.8 Å². The zero-order valence-electron chi connectivity index (χ0n) is 14.0. The molecule has 0 bridgehead atoms. The zero-order chi connectivity index (χ0) is 16.2. The average molecular weight is 311 g/mol. The first-order chi connectivity index (χ1) is 9.66. The summed E-state index contributed by atoms with van der Waals surface area (Å²) in [7, 11) is -1.21. The van der Waals surface area contributed by atoms with Crippen LogP contribution in [0.5, 0.6) is 0 Å². The van der Waals surface area contributed by atoms with E-state index in [-0.39, 0.29) is 30.3 Å². The number of ether oxygens (including phenoxy) is 1. The molecule has 0 aromatic rings. The van der Waals surface area contributed by atoms with Crippen LogP contribution in [-0.4, -0.2) is 45.3 Å². The minimum Gasteiger partial charge on any atom is -0.445 e. The lowest BCUT2D eigenvalue weighted by Gasteiger charge is -2.40. The highest BCUT2D eigenvalue weighted by molar-refractivity contribution is 6.48. The van der Waals surface area contributed by atoms with E-state index in [1.54, 1.807) is 11.0 Å². The summed E-state index contributed by atoms with van der Waals surface area (Å²) in [5, 5.41) is 0. The van der Waals surface area contributed by atoms with Gasteiger partial charge in [0.1, 0.15) is 6.61 Å². The molecule has 1 heterocycles. The molecule has 1 aliphatic rings. The molecular formula is C16H29NO3Si. The van der Waals surface area contributed by atoms with Crippen molar-refractivity contribution < 1.29 is 14.0 Å². The molecule has 1 rings (SSSR count). The lowest BCUT2D eigenvalue weighted by Crippen LogP contribution is -2.50. The van der Waals surface area contributed by atoms with Crippen LogP contribution in [0.2, 0.25) is 13.1 Å². The van der Waals surface area contributed by atoms with E-state index >= 15 is 0 Å². The van der Waals surface area contributed by atoms with Crippen molar-refractivity contribution in [2.45, 2.75) is 52.4 Å². The number of nitrogens with zero attached hydrogens (tertiary/aromatic N) is 1. The predicted octanol–water partition coefficient (Wildman–Crippen LogP) is 3.35. The average Bonchev–Trinajstić information content (AvgIpc) is 2.73. The third-order valence-electron chi connectivity index (χ3n) is 3.47. The Morgan fingerprint density at radius 3 is 2.62 bits per heavy atom. The Kier molecular flexibility index (Phi) is 6.22. The van der Waals surface area contributed by atoms with E-state index < -0.39 is 9.04 Å². The normalized spacial score (nSPS) is 20.8. The van der Waals surface area contributed by atoms with Crippen LogP contribution in [0.25, 0.3) is 0 Å². The molecule has 1 fully saturated rings. The molecule has 0 saturated carbocycles. The molecule has 1 aliphatic heterocycles. The van der Waals surface area contributed by atoms with E-state index in [2.05, 4.69) is 47.0 Å². The van der Waals surface area contributed by atoms with Gasteiger partial charge in [-0.15, -0.1) is 0 Å². The fourth-order valence-electron chi connectivity index (χ4n) is 2.68. The number of hydrogen-bond donors (Lipinski definition) is 0. The number of rotatable bonds is 5. The van der Waals surface area contributed by atoms with E-state index in [1.807, 2.05) is 0 Å². The summed E-state index contributed by atoms with van der Waals surface area (Å²) in [6.07, 6.45) is 2.06. The molecule has 0 spiro atoms. The maximum absolute atomic E-state index is 12.2. The number of likely N-dealkylation sites (tertiary alicyclic amines) is 1. The van der Waals surface area contributed by atoms with Gasteiger partial charge < -0.3 is 9.16 Å². The highest BCUT2D eigenvalue weighted by atomic mass is 28.3. The monoisotopic (exact) mass is 311 g/mol. The third kappa shape index (κ3) is 5.00. The fraction of sp³-hybridized carbons (Fsp3) is 0.688. The van der Waals surface area contributed by atoms with Gasteiger partial charge in [-0.1, -0.05) is 45.6 Å². The maximum atomic E-state index is 12.2. The zero-order valence-corrected chi connectivity index (χ0v) is 15.2. The Hall–Kier alpha value is -1.07. The quantitative estimate of drug-likeness (QED) is 0.577. The first-order valence-electron chi connectivity index (χ1n) is 7.53. The van der Waals surface area contributed by atoms with Crippen molar-refractivity contribution in [3.8, 4) is 0 Å². The lowest BCUT2D eigenvalue weighted by molar-refractivity contribution is 0.0117. The van der Waals surface area contributed by atoms with Gasteiger partial charge in [0.05, 0.1) is 12.1 Å². The van der Waals surface area contributed by atoms with Crippen molar-refractivity contribution in [1.29, 1.82) is 0 Å². The highest BCUT2D eigenvalue weighted by Gasteiger charge is 2.43. The van der Waals surface area contributed by atoms with Gasteiger partial charge >= 0.3 is 6.09 Å². The van der Waals surface area contributed by atoms with Crippen LogP contribution >= 0.6 is 0 Å². The van der Waals surface area contributed by atoms with E-state index in [4.69, 9.17) is 9.16 Å². The summed E-state index contributed by atoms with van der Waals surface area (Å²) in [5.41, 5.74) is 1.02. The molecular weight excluding hydrogens is 282 g/mol. The first kappa shape index (κ1) is 18.0. The fourth-order valence-corrected chi connectivity index (χ4v) is 3.85. The van der Waals surface area contributed by atoms with Gasteiger partial charge in [-0.3, -0.25) is 4.90 Å². The van der Waals surface area contributed by atoms with E-state index in [9.17, 15) is 4.79 Å². The number of hydrogen-bond acceptors (Lipinski definition) is 3. The Balaban J connectivity index is 2.95. The SMILES string of the molecule is C=CCOC(=O)N1CC(=C)C[C@H]1C(O[SiH](C)C)C(C)(C)C. The summed E-state index contributed by atoms with van der Waals surface area (Å²) in [6, 6.07) is 0.00437. The second-order valence-electron chi connectivity index (χ2n) is 6.99. The van der Waals surface area contributed by atoms with E-state index in [0.29, 0.717) is 6.54 Å². The molecule has 5 heteroatoms. The first-order valence-corrected chi connectivity index (χ1v) is 10.3. The molecule has 1 unspecified atom stereocenters. The van der Waals surface area contributed by atoms with E-state index in [1.165, 1.54) is 0 Å². The Morgan fingerprint density at radius 1 is 1.52 bits per heavy atom. The largest absolute Gasteiger partial charge is 0.445 e. The molecule has 1 saturated heterocycles. The van der Waals surface area contributed by atoms with Crippen molar-refractivity contribution in [3.05, 3.63) is 24.8 Å². The molecule has 0 radical (unpaired) electrons. The van der Waals surface area contributed by atoms with Gasteiger partial charge in [0.2, 0.25) is 0 Å². The standard InChI is InChI=1S/C16H29NO3Si/c1-8-9-19-15(18)17-11-12(2)10-13(17)14(16(3,4)5)20-21(6)7/h8,13-14,21H,1-2,9-11H2,3-7H3/t13-,14?/m0/s1. The van der Waals surface area contributed by atoms with Gasteiger partial charge in [0, 0.05) is 6.54 Å². The lowest BCUT2D eigenvalue weighted by atomic mass is 9.83. The molecule has 2 atom stereocenters. The van der Waals surface area contributed by atoms with Crippen LogP contribution in [0.15, 0.2) is 24.8 Å². The van der Waals surface area contributed by atoms with Crippen molar-refractivity contribution >= 4 is 15.1 Å². The Morgan fingerprint density at radius 2 is 2.14 bits per heavy atom. The Bertz CT molecular complexity index is 401. The molecule has 1 amide bonds. The summed E-state index contributed by atoms with van der Waals surface area (Å²) >= 11 is 0. The van der Waals surface area contributed by atoms with Crippen molar-refractivity contribution in [3.63, 3.8) is 0 Å². The number of amides is 1. The highest BCUT2D eigenvalue weighted by Crippen LogP contribution is 2.35. The van der Waals surface area contributed by atoms with Crippen molar-refractivity contribution in [2.75, 3.05) is 13.2 Å². The molecule has 4 nitrogen and oxygen atoms in total. The maximum Gasteiger partial charge on any atom is 0.410 e. The summed E-state index contributed by atoms with van der Waals surface area (Å²) in [6.45, 7) is 19.2. The van der Waals surface area contributed by atoms with Crippen molar-refractivity contribution in [1.82, 2.24) is 4.90 Å². The number of carbonyl (C=O) groups is 1. The Labute approximate surface area is 130 Å². The summed E-state index contributed by atoms with van der Waals surface area (Å²) < 4.78 is 11.5. The second kappa shape index (κ2) is 7.27. The van der Waals surface area contributed by atoms with Gasteiger partial charge in [-0.2, -0.15) is 0 Å². The van der Waals surface area contributed by atoms with Crippen LogP contribution < -0.4 is 0 Å². The van der Waals surface area contributed by atoms with Crippen molar-refractivity contribution in [2.24, 2.45) is 5.41 Å². The molecule has 0 aliphatic carbocycles. The molecule has 0 N–H and O–H groups in total. The van der Waals surface area contributed by atoms with Crippen LogP contribution in [0.1, 0.15) is 27.2 Å². The minimum absolute atomic E-state index is 0.000280. The summed E-state index contributed by atoms with van der Waals surface area (Å²) in [4.78, 5) is 14.0. The second-order valence-corrected chi connectivity index (χ2v) is 9.36. The van der Waals surface area contributed by atoms with Gasteiger partial charge in [0.15, 0.2) is 9.04 Å². The van der Waals surface area contributed by atoms with Crippen LogP contribution in [0.4, 0.5) is 4.79 Å². The number of carbonyl (C=O) groups excluding carboxylic acids is 1. The van der Waals surface area contributed by atoms with Crippen LogP contribution in [0.3, 0.4) is 0 Å². The summed E-state index contributed by atoms with van der Waals surface area (Å²) in [5.74, 6) is 0. The van der Waals surface area contributed by atoms with Gasteiger partial charge in [0.25, 0.3) is 0 Å². The van der Waals surface area contributed by atoms with E-state index in [0.717, 1.165) is 12.0 Å².